The molecular weight excluding hydrogens is 298 g/mol. The van der Waals surface area contributed by atoms with E-state index in [0.717, 1.165) is 10.2 Å². The second kappa shape index (κ2) is 6.22. The zero-order chi connectivity index (χ0) is 16.2. The van der Waals surface area contributed by atoms with Crippen LogP contribution in [-0.2, 0) is 11.3 Å². The molecule has 0 atom stereocenters. The molecule has 0 aromatic carbocycles. The lowest BCUT2D eigenvalue weighted by Crippen LogP contribution is -2.29. The Hall–Kier alpha value is -3.29. The van der Waals surface area contributed by atoms with Crippen molar-refractivity contribution in [1.82, 2.24) is 19.9 Å². The molecule has 0 bridgehead atoms. The Morgan fingerprint density at radius 2 is 2.04 bits per heavy atom. The van der Waals surface area contributed by atoms with Gasteiger partial charge in [0.25, 0.3) is 5.56 Å². The van der Waals surface area contributed by atoms with Gasteiger partial charge in [-0.2, -0.15) is 5.10 Å². The van der Waals surface area contributed by atoms with Gasteiger partial charge in [-0.25, -0.2) is 4.68 Å². The maximum atomic E-state index is 12.0. The minimum Gasteiger partial charge on any atom is -0.360 e. The van der Waals surface area contributed by atoms with Crippen molar-refractivity contribution in [3.8, 4) is 11.3 Å². The van der Waals surface area contributed by atoms with Gasteiger partial charge in [-0.05, 0) is 25.1 Å². The maximum absolute atomic E-state index is 12.0. The van der Waals surface area contributed by atoms with Crippen LogP contribution in [0.3, 0.4) is 0 Å². The van der Waals surface area contributed by atoms with Gasteiger partial charge in [0.1, 0.15) is 12.3 Å². The summed E-state index contributed by atoms with van der Waals surface area (Å²) in [6.07, 6.45) is 3.26. The number of nitrogens with zero attached hydrogens (tertiary/aromatic N) is 4. The number of aryl methyl sites for hydroxylation is 1. The van der Waals surface area contributed by atoms with Crippen LogP contribution in [0.4, 0.5) is 5.82 Å². The quantitative estimate of drug-likeness (QED) is 0.777. The number of rotatable bonds is 4. The van der Waals surface area contributed by atoms with E-state index >= 15 is 0 Å². The second-order valence-corrected chi connectivity index (χ2v) is 4.82. The van der Waals surface area contributed by atoms with Crippen molar-refractivity contribution in [1.29, 1.82) is 0 Å². The van der Waals surface area contributed by atoms with E-state index < -0.39 is 5.91 Å². The predicted molar refractivity (Wildman–Crippen MR) is 81.6 cm³/mol. The van der Waals surface area contributed by atoms with Gasteiger partial charge in [-0.15, -0.1) is 0 Å². The smallest absolute Gasteiger partial charge is 0.267 e. The van der Waals surface area contributed by atoms with Crippen LogP contribution in [0.2, 0.25) is 0 Å². The average molecular weight is 311 g/mol. The van der Waals surface area contributed by atoms with Crippen LogP contribution in [0, 0.1) is 6.92 Å². The molecule has 1 N–H and O–H groups in total. The SMILES string of the molecule is Cc1cc(NC(=O)Cn2nc(-c3ccncc3)ccc2=O)no1. The third-order valence-corrected chi connectivity index (χ3v) is 3.03. The van der Waals surface area contributed by atoms with Gasteiger partial charge in [0, 0.05) is 30.1 Å². The van der Waals surface area contributed by atoms with Crippen molar-refractivity contribution < 1.29 is 9.32 Å². The van der Waals surface area contributed by atoms with E-state index in [1.165, 1.54) is 6.07 Å². The molecule has 0 unspecified atom stereocenters. The molecule has 0 saturated heterocycles. The minimum atomic E-state index is -0.417. The van der Waals surface area contributed by atoms with Crippen LogP contribution in [0.5, 0.6) is 0 Å². The summed E-state index contributed by atoms with van der Waals surface area (Å²) in [7, 11) is 0. The lowest BCUT2D eigenvalue weighted by molar-refractivity contribution is -0.117. The molecule has 0 fully saturated rings. The van der Waals surface area contributed by atoms with Gasteiger partial charge in [-0.3, -0.25) is 14.6 Å². The minimum absolute atomic E-state index is 0.219. The Kier molecular flexibility index (Phi) is 3.96. The standard InChI is InChI=1S/C15H13N5O3/c1-10-8-13(19-23-10)17-14(21)9-20-15(22)3-2-12(18-20)11-4-6-16-7-5-11/h2-8H,9H2,1H3,(H,17,19,21). The highest BCUT2D eigenvalue weighted by Crippen LogP contribution is 2.13. The molecule has 23 heavy (non-hydrogen) atoms. The van der Waals surface area contributed by atoms with Crippen molar-refractivity contribution in [3.05, 3.63) is 58.8 Å². The Morgan fingerprint density at radius 3 is 2.74 bits per heavy atom. The van der Waals surface area contributed by atoms with Crippen LogP contribution < -0.4 is 10.9 Å². The number of aromatic nitrogens is 4. The molecule has 0 aliphatic heterocycles. The lowest BCUT2D eigenvalue weighted by Gasteiger charge is -2.06. The zero-order valence-corrected chi connectivity index (χ0v) is 12.3. The molecule has 0 aliphatic rings. The number of amides is 1. The first-order valence-electron chi connectivity index (χ1n) is 6.83. The molecule has 8 nitrogen and oxygen atoms in total. The molecule has 3 aromatic heterocycles. The zero-order valence-electron chi connectivity index (χ0n) is 12.3. The van der Waals surface area contributed by atoms with Crippen LogP contribution in [0.15, 0.2) is 52.0 Å². The fourth-order valence-electron chi connectivity index (χ4n) is 1.98. The summed E-state index contributed by atoms with van der Waals surface area (Å²) in [5, 5.41) is 10.4. The summed E-state index contributed by atoms with van der Waals surface area (Å²) < 4.78 is 5.96. The highest BCUT2D eigenvalue weighted by Gasteiger charge is 2.10. The van der Waals surface area contributed by atoms with Gasteiger partial charge in [0.15, 0.2) is 5.82 Å². The summed E-state index contributed by atoms with van der Waals surface area (Å²) in [6, 6.07) is 8.11. The highest BCUT2D eigenvalue weighted by molar-refractivity contribution is 5.89. The van der Waals surface area contributed by atoms with Crippen LogP contribution in [0.1, 0.15) is 5.76 Å². The van der Waals surface area contributed by atoms with Crippen LogP contribution >= 0.6 is 0 Å². The monoisotopic (exact) mass is 311 g/mol. The van der Waals surface area contributed by atoms with Crippen LogP contribution in [0.25, 0.3) is 11.3 Å². The number of carbonyl (C=O) groups excluding carboxylic acids is 1. The summed E-state index contributed by atoms with van der Waals surface area (Å²) in [6.45, 7) is 1.50. The molecule has 3 aromatic rings. The molecule has 0 saturated carbocycles. The molecule has 0 aliphatic carbocycles. The fourth-order valence-corrected chi connectivity index (χ4v) is 1.98. The molecule has 1 amide bonds. The number of hydrogen-bond donors (Lipinski definition) is 1. The fraction of sp³-hybridized carbons (Fsp3) is 0.133. The first-order chi connectivity index (χ1) is 11.1. The average Bonchev–Trinajstić information content (AvgIpc) is 2.95. The number of nitrogens with one attached hydrogen (secondary N) is 1. The second-order valence-electron chi connectivity index (χ2n) is 4.82. The molecular formula is C15H13N5O3. The molecule has 0 spiro atoms. The molecule has 8 heteroatoms. The first kappa shape index (κ1) is 14.6. The van der Waals surface area contributed by atoms with E-state index in [-0.39, 0.29) is 12.1 Å². The van der Waals surface area contributed by atoms with E-state index in [2.05, 4.69) is 20.6 Å². The Bertz CT molecular complexity index is 885. The Balaban J connectivity index is 1.79. The molecule has 3 rings (SSSR count). The number of hydrogen-bond acceptors (Lipinski definition) is 6. The Morgan fingerprint density at radius 1 is 1.26 bits per heavy atom. The van der Waals surface area contributed by atoms with E-state index in [9.17, 15) is 9.59 Å². The highest BCUT2D eigenvalue weighted by atomic mass is 16.5. The van der Waals surface area contributed by atoms with E-state index in [4.69, 9.17) is 4.52 Å². The molecule has 3 heterocycles. The predicted octanol–water partition coefficient (Wildman–Crippen LogP) is 1.24. The first-order valence-corrected chi connectivity index (χ1v) is 6.83. The van der Waals surface area contributed by atoms with Gasteiger partial charge in [0.2, 0.25) is 5.91 Å². The van der Waals surface area contributed by atoms with Crippen molar-refractivity contribution >= 4 is 11.7 Å². The summed E-state index contributed by atoms with van der Waals surface area (Å²) in [5.41, 5.74) is 1.02. The topological polar surface area (TPSA) is 103 Å². The van der Waals surface area contributed by atoms with Gasteiger partial charge >= 0.3 is 0 Å². The van der Waals surface area contributed by atoms with Gasteiger partial charge in [-0.1, -0.05) is 5.16 Å². The van der Waals surface area contributed by atoms with Crippen molar-refractivity contribution in [2.45, 2.75) is 13.5 Å². The van der Waals surface area contributed by atoms with E-state index in [1.807, 2.05) is 0 Å². The largest absolute Gasteiger partial charge is 0.360 e. The maximum Gasteiger partial charge on any atom is 0.267 e. The van der Waals surface area contributed by atoms with Gasteiger partial charge < -0.3 is 9.84 Å². The summed E-state index contributed by atoms with van der Waals surface area (Å²) in [5.74, 6) is 0.459. The molecule has 0 radical (unpaired) electrons. The summed E-state index contributed by atoms with van der Waals surface area (Å²) >= 11 is 0. The number of anilines is 1. The van der Waals surface area contributed by atoms with Crippen molar-refractivity contribution in [2.24, 2.45) is 0 Å². The normalized spacial score (nSPS) is 10.5. The Labute approximate surface area is 130 Å². The van der Waals surface area contributed by atoms with Crippen molar-refractivity contribution in [2.75, 3.05) is 5.32 Å². The lowest BCUT2D eigenvalue weighted by atomic mass is 10.2. The van der Waals surface area contributed by atoms with Crippen LogP contribution in [-0.4, -0.2) is 25.8 Å². The third-order valence-electron chi connectivity index (χ3n) is 3.03. The van der Waals surface area contributed by atoms with E-state index in [1.54, 1.807) is 43.6 Å². The summed E-state index contributed by atoms with van der Waals surface area (Å²) in [4.78, 5) is 27.8. The number of carbonyl (C=O) groups is 1. The van der Waals surface area contributed by atoms with E-state index in [0.29, 0.717) is 17.3 Å². The third kappa shape index (κ3) is 3.49. The number of pyridine rings is 1. The van der Waals surface area contributed by atoms with Gasteiger partial charge in [0.05, 0.1) is 5.69 Å². The molecule has 116 valence electrons. The van der Waals surface area contributed by atoms with Crippen molar-refractivity contribution in [3.63, 3.8) is 0 Å².